The fourth-order valence-corrected chi connectivity index (χ4v) is 1.46. The minimum atomic E-state index is -0.179. The van der Waals surface area contributed by atoms with Crippen LogP contribution < -0.4 is 0 Å². The van der Waals surface area contributed by atoms with Gasteiger partial charge in [-0.05, 0) is 12.8 Å². The maximum absolute atomic E-state index is 5.68. The Labute approximate surface area is 73.9 Å². The van der Waals surface area contributed by atoms with Crippen molar-refractivity contribution in [1.82, 2.24) is 0 Å². The van der Waals surface area contributed by atoms with E-state index in [1.54, 1.807) is 0 Å². The molecule has 0 spiro atoms. The molecule has 1 fully saturated rings. The van der Waals surface area contributed by atoms with Crippen molar-refractivity contribution in [2.75, 3.05) is 19.8 Å². The average molecular weight is 168 g/mol. The van der Waals surface area contributed by atoms with Gasteiger partial charge in [0.15, 0.2) is 0 Å². The minimum Gasteiger partial charge on any atom is -0.376 e. The summed E-state index contributed by atoms with van der Waals surface area (Å²) in [4.78, 5) is 0. The smallest absolute Gasteiger partial charge is 0.0984 e. The van der Waals surface area contributed by atoms with E-state index < -0.39 is 0 Å². The van der Waals surface area contributed by atoms with E-state index in [1.807, 2.05) is 12.2 Å². The van der Waals surface area contributed by atoms with Gasteiger partial charge in [-0.3, -0.25) is 0 Å². The summed E-state index contributed by atoms with van der Waals surface area (Å²) in [6.45, 7) is 9.47. The molecule has 0 unspecified atom stereocenters. The molecule has 0 N–H and O–H groups in total. The molecule has 68 valence electrons. The molecule has 0 amide bonds. The number of ether oxygens (including phenoxy) is 2. The van der Waals surface area contributed by atoms with E-state index in [4.69, 9.17) is 9.47 Å². The van der Waals surface area contributed by atoms with Gasteiger partial charge in [-0.2, -0.15) is 0 Å². The van der Waals surface area contributed by atoms with Gasteiger partial charge < -0.3 is 9.47 Å². The second-order valence-corrected chi connectivity index (χ2v) is 3.07. The van der Waals surface area contributed by atoms with Crippen LogP contribution in [0.4, 0.5) is 0 Å². The van der Waals surface area contributed by atoms with Crippen molar-refractivity contribution in [1.29, 1.82) is 0 Å². The van der Waals surface area contributed by atoms with E-state index in [-0.39, 0.29) is 5.60 Å². The van der Waals surface area contributed by atoms with Gasteiger partial charge in [0.25, 0.3) is 0 Å². The Balaban J connectivity index is 2.55. The molecule has 1 aliphatic heterocycles. The Morgan fingerprint density at radius 1 is 1.17 bits per heavy atom. The Morgan fingerprint density at radius 3 is 2.25 bits per heavy atom. The molecule has 0 aromatic heterocycles. The molecule has 0 atom stereocenters. The van der Waals surface area contributed by atoms with Gasteiger partial charge in [0.2, 0.25) is 0 Å². The first-order valence-corrected chi connectivity index (χ1v) is 4.26. The lowest BCUT2D eigenvalue weighted by Gasteiger charge is -2.35. The van der Waals surface area contributed by atoms with Crippen LogP contribution in [0.3, 0.4) is 0 Å². The highest BCUT2D eigenvalue weighted by Crippen LogP contribution is 2.25. The zero-order valence-corrected chi connectivity index (χ0v) is 7.42. The molecule has 0 bridgehead atoms. The van der Waals surface area contributed by atoms with Gasteiger partial charge >= 0.3 is 0 Å². The second-order valence-electron chi connectivity index (χ2n) is 3.07. The molecule has 0 aliphatic carbocycles. The molecular formula is C10H16O2. The summed E-state index contributed by atoms with van der Waals surface area (Å²) in [7, 11) is 0. The molecule has 1 aliphatic rings. The molecule has 0 saturated carbocycles. The van der Waals surface area contributed by atoms with E-state index >= 15 is 0 Å². The SMILES string of the molecule is C=CCC1(CC=C)COCCO1. The highest BCUT2D eigenvalue weighted by Gasteiger charge is 2.31. The summed E-state index contributed by atoms with van der Waals surface area (Å²) >= 11 is 0. The quantitative estimate of drug-likeness (QED) is 0.597. The van der Waals surface area contributed by atoms with Crippen molar-refractivity contribution in [2.45, 2.75) is 18.4 Å². The summed E-state index contributed by atoms with van der Waals surface area (Å²) in [5, 5.41) is 0. The van der Waals surface area contributed by atoms with Crippen LogP contribution >= 0.6 is 0 Å². The minimum absolute atomic E-state index is 0.179. The van der Waals surface area contributed by atoms with Gasteiger partial charge in [-0.1, -0.05) is 12.2 Å². The molecule has 1 saturated heterocycles. The Kier molecular flexibility index (Phi) is 3.50. The van der Waals surface area contributed by atoms with Crippen LogP contribution in [0.2, 0.25) is 0 Å². The number of hydrogen-bond acceptors (Lipinski definition) is 2. The lowest BCUT2D eigenvalue weighted by Crippen LogP contribution is -2.42. The van der Waals surface area contributed by atoms with Crippen molar-refractivity contribution >= 4 is 0 Å². The third-order valence-corrected chi connectivity index (χ3v) is 2.03. The van der Waals surface area contributed by atoms with Crippen molar-refractivity contribution in [3.05, 3.63) is 25.3 Å². The summed E-state index contributed by atoms with van der Waals surface area (Å²) in [6, 6.07) is 0. The zero-order chi connectivity index (χ0) is 8.86. The van der Waals surface area contributed by atoms with Crippen LogP contribution in [0, 0.1) is 0 Å². The van der Waals surface area contributed by atoms with Crippen molar-refractivity contribution in [3.63, 3.8) is 0 Å². The van der Waals surface area contributed by atoms with Gasteiger partial charge in [0, 0.05) is 0 Å². The normalized spacial score (nSPS) is 21.7. The van der Waals surface area contributed by atoms with E-state index in [0.717, 1.165) is 12.8 Å². The third kappa shape index (κ3) is 2.19. The van der Waals surface area contributed by atoms with Crippen molar-refractivity contribution in [3.8, 4) is 0 Å². The highest BCUT2D eigenvalue weighted by atomic mass is 16.6. The monoisotopic (exact) mass is 168 g/mol. The number of rotatable bonds is 4. The fraction of sp³-hybridized carbons (Fsp3) is 0.600. The van der Waals surface area contributed by atoms with Gasteiger partial charge in [-0.25, -0.2) is 0 Å². The topological polar surface area (TPSA) is 18.5 Å². The largest absolute Gasteiger partial charge is 0.376 e. The van der Waals surface area contributed by atoms with Crippen LogP contribution in [0.15, 0.2) is 25.3 Å². The van der Waals surface area contributed by atoms with Crippen LogP contribution in [-0.4, -0.2) is 25.4 Å². The lowest BCUT2D eigenvalue weighted by atomic mass is 9.95. The fourth-order valence-electron chi connectivity index (χ4n) is 1.46. The van der Waals surface area contributed by atoms with Crippen molar-refractivity contribution in [2.24, 2.45) is 0 Å². The van der Waals surface area contributed by atoms with Gasteiger partial charge in [-0.15, -0.1) is 13.2 Å². The van der Waals surface area contributed by atoms with E-state index in [1.165, 1.54) is 0 Å². The standard InChI is InChI=1S/C10H16O2/c1-3-5-10(6-4-2)9-11-7-8-12-10/h3-4H,1-2,5-9H2. The predicted molar refractivity (Wildman–Crippen MR) is 49.1 cm³/mol. The highest BCUT2D eigenvalue weighted by molar-refractivity contribution is 4.94. The molecular weight excluding hydrogens is 152 g/mol. The molecule has 12 heavy (non-hydrogen) atoms. The molecule has 0 radical (unpaired) electrons. The van der Waals surface area contributed by atoms with Gasteiger partial charge in [0.1, 0.15) is 0 Å². The maximum Gasteiger partial charge on any atom is 0.0984 e. The van der Waals surface area contributed by atoms with Crippen LogP contribution in [0.1, 0.15) is 12.8 Å². The first kappa shape index (κ1) is 9.49. The van der Waals surface area contributed by atoms with E-state index in [0.29, 0.717) is 19.8 Å². The summed E-state index contributed by atoms with van der Waals surface area (Å²) in [6.07, 6.45) is 5.41. The molecule has 1 rings (SSSR count). The molecule has 2 heteroatoms. The first-order chi connectivity index (χ1) is 5.83. The summed E-state index contributed by atoms with van der Waals surface area (Å²) < 4.78 is 11.0. The van der Waals surface area contributed by atoms with E-state index in [9.17, 15) is 0 Å². The third-order valence-electron chi connectivity index (χ3n) is 2.03. The van der Waals surface area contributed by atoms with Gasteiger partial charge in [0.05, 0.1) is 25.4 Å². The molecule has 1 heterocycles. The molecule has 0 aromatic carbocycles. The Bertz CT molecular complexity index is 145. The number of hydrogen-bond donors (Lipinski definition) is 0. The molecule has 2 nitrogen and oxygen atoms in total. The maximum atomic E-state index is 5.68. The van der Waals surface area contributed by atoms with Crippen molar-refractivity contribution < 1.29 is 9.47 Å². The predicted octanol–water partition coefficient (Wildman–Crippen LogP) is 1.92. The Morgan fingerprint density at radius 2 is 1.83 bits per heavy atom. The Hall–Kier alpha value is -0.600. The summed E-state index contributed by atoms with van der Waals surface area (Å²) in [5.74, 6) is 0. The second kappa shape index (κ2) is 4.43. The first-order valence-electron chi connectivity index (χ1n) is 4.26. The zero-order valence-electron chi connectivity index (χ0n) is 7.42. The average Bonchev–Trinajstić information content (AvgIpc) is 2.07. The molecule has 0 aromatic rings. The summed E-state index contributed by atoms with van der Waals surface area (Å²) in [5.41, 5.74) is -0.179. The lowest BCUT2D eigenvalue weighted by molar-refractivity contribution is -0.153. The van der Waals surface area contributed by atoms with Crippen LogP contribution in [0.25, 0.3) is 0 Å². The van der Waals surface area contributed by atoms with E-state index in [2.05, 4.69) is 13.2 Å². The van der Waals surface area contributed by atoms with Crippen LogP contribution in [-0.2, 0) is 9.47 Å². The van der Waals surface area contributed by atoms with Crippen LogP contribution in [0.5, 0.6) is 0 Å².